The first-order valence-electron chi connectivity index (χ1n) is 5.25. The lowest BCUT2D eigenvalue weighted by Gasteiger charge is -2.08. The summed E-state index contributed by atoms with van der Waals surface area (Å²) < 4.78 is 0. The number of carbonyl (C=O) groups excluding carboxylic acids is 1. The van der Waals surface area contributed by atoms with Crippen molar-refractivity contribution >= 4 is 34.8 Å². The number of benzene rings is 2. The minimum atomic E-state index is -0.331. The Bertz CT molecular complexity index is 559. The Balaban J connectivity index is 2.25. The van der Waals surface area contributed by atoms with E-state index in [4.69, 9.17) is 23.2 Å². The van der Waals surface area contributed by atoms with Crippen LogP contribution in [0.1, 0.15) is 15.9 Å². The largest absolute Gasteiger partial charge is 0.322 e. The molecule has 1 amide bonds. The highest BCUT2D eigenvalue weighted by Gasteiger charge is 2.14. The lowest BCUT2D eigenvalue weighted by Crippen LogP contribution is -2.13. The van der Waals surface area contributed by atoms with E-state index in [0.717, 1.165) is 5.56 Å². The Hall–Kier alpha value is -1.51. The maximum atomic E-state index is 12.0. The number of amides is 1. The van der Waals surface area contributed by atoms with Crippen molar-refractivity contribution in [2.45, 2.75) is 0 Å². The number of anilines is 1. The van der Waals surface area contributed by atoms with Crippen LogP contribution in [0.3, 0.4) is 0 Å². The zero-order valence-electron chi connectivity index (χ0n) is 9.41. The molecule has 0 aliphatic heterocycles. The van der Waals surface area contributed by atoms with Gasteiger partial charge in [0.15, 0.2) is 0 Å². The van der Waals surface area contributed by atoms with Crippen molar-refractivity contribution in [2.75, 3.05) is 5.32 Å². The number of carbonyl (C=O) groups is 1. The van der Waals surface area contributed by atoms with Gasteiger partial charge < -0.3 is 5.32 Å². The first kappa shape index (κ1) is 12.9. The van der Waals surface area contributed by atoms with Gasteiger partial charge in [-0.25, -0.2) is 0 Å². The molecule has 18 heavy (non-hydrogen) atoms. The Kier molecular flexibility index (Phi) is 3.90. The lowest BCUT2D eigenvalue weighted by atomic mass is 10.2. The second-order valence-electron chi connectivity index (χ2n) is 3.75. The third kappa shape index (κ3) is 2.84. The Morgan fingerprint density at radius 1 is 1.00 bits per heavy atom. The minimum Gasteiger partial charge on any atom is -0.322 e. The van der Waals surface area contributed by atoms with E-state index in [1.807, 2.05) is 12.1 Å². The molecule has 1 radical (unpaired) electrons. The lowest BCUT2D eigenvalue weighted by molar-refractivity contribution is 0.102. The van der Waals surface area contributed by atoms with E-state index >= 15 is 0 Å². The normalized spacial score (nSPS) is 10.2. The van der Waals surface area contributed by atoms with E-state index in [1.165, 1.54) is 0 Å². The average Bonchev–Trinajstić information content (AvgIpc) is 2.32. The van der Waals surface area contributed by atoms with Gasteiger partial charge in [0.05, 0.1) is 15.6 Å². The number of rotatable bonds is 2. The number of hydrogen-bond acceptors (Lipinski definition) is 1. The van der Waals surface area contributed by atoms with Crippen LogP contribution >= 0.6 is 23.2 Å². The van der Waals surface area contributed by atoms with Crippen LogP contribution in [0.25, 0.3) is 0 Å². The molecule has 0 aliphatic rings. The highest BCUT2D eigenvalue weighted by Crippen LogP contribution is 2.25. The zero-order chi connectivity index (χ0) is 13.1. The molecule has 2 nitrogen and oxygen atoms in total. The van der Waals surface area contributed by atoms with Crippen LogP contribution in [-0.2, 0) is 0 Å². The van der Waals surface area contributed by atoms with E-state index in [2.05, 4.69) is 12.2 Å². The molecule has 0 saturated carbocycles. The van der Waals surface area contributed by atoms with Gasteiger partial charge >= 0.3 is 0 Å². The molecule has 0 atom stereocenters. The fourth-order valence-corrected chi connectivity index (χ4v) is 2.07. The number of halogens is 2. The molecule has 2 aromatic rings. The van der Waals surface area contributed by atoms with Crippen molar-refractivity contribution < 1.29 is 4.79 Å². The second-order valence-corrected chi connectivity index (χ2v) is 4.56. The summed E-state index contributed by atoms with van der Waals surface area (Å²) in [5, 5.41) is 3.39. The molecule has 91 valence electrons. The first-order valence-corrected chi connectivity index (χ1v) is 6.01. The molecule has 0 aromatic heterocycles. The van der Waals surface area contributed by atoms with Crippen LogP contribution in [0, 0.1) is 6.92 Å². The number of nitrogens with one attached hydrogen (secondary N) is 1. The molecular weight excluding hydrogens is 269 g/mol. The molecular formula is C14H10Cl2NO. The summed E-state index contributed by atoms with van der Waals surface area (Å²) in [6.45, 7) is 3.77. The van der Waals surface area contributed by atoms with E-state index in [9.17, 15) is 4.79 Å². The van der Waals surface area contributed by atoms with Gasteiger partial charge in [-0.3, -0.25) is 4.79 Å². The molecule has 0 aliphatic carbocycles. The molecule has 2 rings (SSSR count). The summed E-state index contributed by atoms with van der Waals surface area (Å²) >= 11 is 11.9. The fourth-order valence-electron chi connectivity index (χ4n) is 1.50. The summed E-state index contributed by atoms with van der Waals surface area (Å²) in [7, 11) is 0. The van der Waals surface area contributed by atoms with E-state index in [-0.39, 0.29) is 11.5 Å². The van der Waals surface area contributed by atoms with Gasteiger partial charge in [-0.15, -0.1) is 0 Å². The molecule has 2 aromatic carbocycles. The van der Waals surface area contributed by atoms with Gasteiger partial charge in [-0.1, -0.05) is 41.4 Å². The summed E-state index contributed by atoms with van der Waals surface area (Å²) in [5.74, 6) is -0.331. The Morgan fingerprint density at radius 3 is 2.11 bits per heavy atom. The van der Waals surface area contributed by atoms with Gasteiger partial charge in [0, 0.05) is 5.69 Å². The Morgan fingerprint density at radius 2 is 1.56 bits per heavy atom. The van der Waals surface area contributed by atoms with Crippen molar-refractivity contribution in [3.05, 3.63) is 70.6 Å². The molecule has 0 spiro atoms. The first-order chi connectivity index (χ1) is 8.58. The van der Waals surface area contributed by atoms with Gasteiger partial charge in [0.2, 0.25) is 0 Å². The minimum absolute atomic E-state index is 0.277. The maximum absolute atomic E-state index is 12.0. The van der Waals surface area contributed by atoms with Crippen molar-refractivity contribution in [2.24, 2.45) is 0 Å². The van der Waals surface area contributed by atoms with Crippen LogP contribution in [0.4, 0.5) is 5.69 Å². The topological polar surface area (TPSA) is 29.1 Å². The highest BCUT2D eigenvalue weighted by molar-refractivity contribution is 6.40. The van der Waals surface area contributed by atoms with Crippen LogP contribution in [-0.4, -0.2) is 5.91 Å². The molecule has 4 heteroatoms. The van der Waals surface area contributed by atoms with Crippen LogP contribution in [0.15, 0.2) is 42.5 Å². The van der Waals surface area contributed by atoms with Gasteiger partial charge in [-0.05, 0) is 36.8 Å². The van der Waals surface area contributed by atoms with Crippen molar-refractivity contribution in [3.8, 4) is 0 Å². The molecule has 0 fully saturated rings. The molecule has 0 saturated heterocycles. The van der Waals surface area contributed by atoms with Gasteiger partial charge in [0.25, 0.3) is 5.91 Å². The van der Waals surface area contributed by atoms with E-state index in [1.54, 1.807) is 30.3 Å². The van der Waals surface area contributed by atoms with Gasteiger partial charge in [0.1, 0.15) is 0 Å². The summed E-state index contributed by atoms with van der Waals surface area (Å²) in [5.41, 5.74) is 1.83. The average molecular weight is 279 g/mol. The standard InChI is InChI=1S/C14H10Cl2NO/c1-9-5-7-10(8-6-9)17-14(18)13-11(15)3-2-4-12(13)16/h2-8H,1H2,(H,17,18). The monoisotopic (exact) mass is 278 g/mol. The quantitative estimate of drug-likeness (QED) is 0.865. The third-order valence-electron chi connectivity index (χ3n) is 2.40. The zero-order valence-corrected chi connectivity index (χ0v) is 10.9. The maximum Gasteiger partial charge on any atom is 0.258 e. The third-order valence-corrected chi connectivity index (χ3v) is 3.03. The summed E-state index contributed by atoms with van der Waals surface area (Å²) in [4.78, 5) is 12.0. The molecule has 0 heterocycles. The predicted octanol–water partition coefficient (Wildman–Crippen LogP) is 4.43. The van der Waals surface area contributed by atoms with Crippen LogP contribution < -0.4 is 5.32 Å². The van der Waals surface area contributed by atoms with Crippen molar-refractivity contribution in [1.82, 2.24) is 0 Å². The van der Waals surface area contributed by atoms with Crippen molar-refractivity contribution in [3.63, 3.8) is 0 Å². The Labute approximate surface area is 116 Å². The van der Waals surface area contributed by atoms with Crippen LogP contribution in [0.5, 0.6) is 0 Å². The highest BCUT2D eigenvalue weighted by atomic mass is 35.5. The van der Waals surface area contributed by atoms with Gasteiger partial charge in [-0.2, -0.15) is 0 Å². The predicted molar refractivity (Wildman–Crippen MR) is 75.3 cm³/mol. The molecule has 0 bridgehead atoms. The summed E-state index contributed by atoms with van der Waals surface area (Å²) in [6.07, 6.45) is 0. The number of hydrogen-bond donors (Lipinski definition) is 1. The smallest absolute Gasteiger partial charge is 0.258 e. The summed E-state index contributed by atoms with van der Waals surface area (Å²) in [6, 6.07) is 12.1. The van der Waals surface area contributed by atoms with E-state index in [0.29, 0.717) is 15.7 Å². The molecule has 0 unspecified atom stereocenters. The van der Waals surface area contributed by atoms with E-state index < -0.39 is 0 Å². The van der Waals surface area contributed by atoms with Crippen LogP contribution in [0.2, 0.25) is 10.0 Å². The SMILES string of the molecule is [CH2]c1ccc(NC(=O)c2c(Cl)cccc2Cl)cc1. The fraction of sp³-hybridized carbons (Fsp3) is 0. The van der Waals surface area contributed by atoms with Crippen molar-refractivity contribution in [1.29, 1.82) is 0 Å². The molecule has 1 N–H and O–H groups in total. The second kappa shape index (κ2) is 5.42.